The van der Waals surface area contributed by atoms with Crippen LogP contribution in [0.25, 0.3) is 0 Å². The summed E-state index contributed by atoms with van der Waals surface area (Å²) in [5, 5.41) is 0. The van der Waals surface area contributed by atoms with E-state index < -0.39 is 0 Å². The molecule has 0 saturated carbocycles. The molecule has 2 rings (SSSR count). The van der Waals surface area contributed by atoms with Gasteiger partial charge >= 0.3 is 0 Å². The maximum absolute atomic E-state index is 6.06. The van der Waals surface area contributed by atoms with E-state index in [4.69, 9.17) is 15.2 Å². The van der Waals surface area contributed by atoms with Crippen molar-refractivity contribution in [2.45, 2.75) is 25.9 Å². The summed E-state index contributed by atoms with van der Waals surface area (Å²) in [5.74, 6) is 2.18. The molecular formula is C15H25ClN2O2. The van der Waals surface area contributed by atoms with Crippen molar-refractivity contribution in [1.82, 2.24) is 4.90 Å². The quantitative estimate of drug-likeness (QED) is 0.927. The predicted octanol–water partition coefficient (Wildman–Crippen LogP) is 2.29. The van der Waals surface area contributed by atoms with Crippen molar-refractivity contribution in [2.75, 3.05) is 27.3 Å². The van der Waals surface area contributed by atoms with Gasteiger partial charge in [-0.15, -0.1) is 12.4 Å². The van der Waals surface area contributed by atoms with Gasteiger partial charge < -0.3 is 15.2 Å². The summed E-state index contributed by atoms with van der Waals surface area (Å²) in [5.41, 5.74) is 7.24. The first-order chi connectivity index (χ1) is 9.15. The van der Waals surface area contributed by atoms with Gasteiger partial charge in [0, 0.05) is 24.7 Å². The molecule has 1 aliphatic rings. The van der Waals surface area contributed by atoms with E-state index in [-0.39, 0.29) is 12.4 Å². The SMILES string of the molecule is COc1cccc(CN2CCC(N)C(C)C2)c1OC.Cl. The van der Waals surface area contributed by atoms with E-state index in [9.17, 15) is 0 Å². The largest absolute Gasteiger partial charge is 0.493 e. The molecule has 0 spiro atoms. The summed E-state index contributed by atoms with van der Waals surface area (Å²) in [6.45, 7) is 5.20. The van der Waals surface area contributed by atoms with Crippen LogP contribution in [0.2, 0.25) is 0 Å². The van der Waals surface area contributed by atoms with Crippen LogP contribution in [-0.2, 0) is 6.54 Å². The first-order valence-electron chi connectivity index (χ1n) is 6.83. The lowest BCUT2D eigenvalue weighted by Crippen LogP contribution is -2.45. The lowest BCUT2D eigenvalue weighted by molar-refractivity contribution is 0.156. The highest BCUT2D eigenvalue weighted by atomic mass is 35.5. The van der Waals surface area contributed by atoms with Gasteiger partial charge in [-0.05, 0) is 24.9 Å². The van der Waals surface area contributed by atoms with Crippen molar-refractivity contribution in [3.8, 4) is 11.5 Å². The molecule has 1 saturated heterocycles. The molecule has 1 heterocycles. The molecule has 0 radical (unpaired) electrons. The second-order valence-electron chi connectivity index (χ2n) is 5.32. The van der Waals surface area contributed by atoms with E-state index in [1.807, 2.05) is 12.1 Å². The fourth-order valence-corrected chi connectivity index (χ4v) is 2.71. The molecule has 4 nitrogen and oxygen atoms in total. The summed E-state index contributed by atoms with van der Waals surface area (Å²) < 4.78 is 10.8. The number of piperidine rings is 1. The van der Waals surface area contributed by atoms with Crippen molar-refractivity contribution < 1.29 is 9.47 Å². The number of halogens is 1. The number of hydrogen-bond acceptors (Lipinski definition) is 4. The molecule has 0 aliphatic carbocycles. The van der Waals surface area contributed by atoms with Crippen LogP contribution in [0.3, 0.4) is 0 Å². The number of hydrogen-bond donors (Lipinski definition) is 1. The first-order valence-corrected chi connectivity index (χ1v) is 6.83. The Labute approximate surface area is 127 Å². The van der Waals surface area contributed by atoms with Gasteiger partial charge in [-0.25, -0.2) is 0 Å². The third kappa shape index (κ3) is 3.78. The third-order valence-electron chi connectivity index (χ3n) is 3.93. The molecule has 0 bridgehead atoms. The van der Waals surface area contributed by atoms with Gasteiger partial charge in [0.15, 0.2) is 11.5 Å². The van der Waals surface area contributed by atoms with E-state index in [0.29, 0.717) is 12.0 Å². The smallest absolute Gasteiger partial charge is 0.165 e. The molecule has 0 aromatic heterocycles. The number of nitrogens with two attached hydrogens (primary N) is 1. The monoisotopic (exact) mass is 300 g/mol. The van der Waals surface area contributed by atoms with Crippen molar-refractivity contribution in [3.63, 3.8) is 0 Å². The van der Waals surface area contributed by atoms with Crippen LogP contribution in [0.15, 0.2) is 18.2 Å². The summed E-state index contributed by atoms with van der Waals surface area (Å²) in [4.78, 5) is 2.44. The Morgan fingerprint density at radius 2 is 2.05 bits per heavy atom. The fraction of sp³-hybridized carbons (Fsp3) is 0.600. The summed E-state index contributed by atoms with van der Waals surface area (Å²) in [7, 11) is 3.36. The number of para-hydroxylation sites is 1. The topological polar surface area (TPSA) is 47.7 Å². The third-order valence-corrected chi connectivity index (χ3v) is 3.93. The Morgan fingerprint density at radius 3 is 2.65 bits per heavy atom. The molecule has 2 N–H and O–H groups in total. The summed E-state index contributed by atoms with van der Waals surface area (Å²) >= 11 is 0. The predicted molar refractivity (Wildman–Crippen MR) is 83.8 cm³/mol. The highest BCUT2D eigenvalue weighted by molar-refractivity contribution is 5.85. The number of benzene rings is 1. The van der Waals surface area contributed by atoms with Gasteiger partial charge in [0.1, 0.15) is 0 Å². The maximum Gasteiger partial charge on any atom is 0.165 e. The molecule has 114 valence electrons. The molecule has 20 heavy (non-hydrogen) atoms. The summed E-state index contributed by atoms with van der Waals surface area (Å²) in [6, 6.07) is 6.37. The van der Waals surface area contributed by atoms with Gasteiger partial charge in [-0.2, -0.15) is 0 Å². The van der Waals surface area contributed by atoms with Gasteiger partial charge in [-0.1, -0.05) is 19.1 Å². The van der Waals surface area contributed by atoms with Crippen LogP contribution in [0, 0.1) is 5.92 Å². The van der Waals surface area contributed by atoms with Crippen LogP contribution in [0.4, 0.5) is 0 Å². The maximum atomic E-state index is 6.06. The molecule has 0 amide bonds. The molecule has 5 heteroatoms. The highest BCUT2D eigenvalue weighted by Gasteiger charge is 2.24. The zero-order valence-electron chi connectivity index (χ0n) is 12.5. The molecule has 2 atom stereocenters. The van der Waals surface area contributed by atoms with Crippen LogP contribution in [-0.4, -0.2) is 38.3 Å². The molecule has 1 aromatic rings. The van der Waals surface area contributed by atoms with Crippen molar-refractivity contribution >= 4 is 12.4 Å². The number of likely N-dealkylation sites (tertiary alicyclic amines) is 1. The van der Waals surface area contributed by atoms with E-state index in [1.54, 1.807) is 14.2 Å². The Hall–Kier alpha value is -0.970. The van der Waals surface area contributed by atoms with E-state index in [2.05, 4.69) is 17.9 Å². The average molecular weight is 301 g/mol. The molecule has 1 aromatic carbocycles. The second-order valence-corrected chi connectivity index (χ2v) is 5.32. The Morgan fingerprint density at radius 1 is 1.30 bits per heavy atom. The van der Waals surface area contributed by atoms with E-state index in [0.717, 1.165) is 37.6 Å². The number of ether oxygens (including phenoxy) is 2. The van der Waals surface area contributed by atoms with Crippen LogP contribution >= 0.6 is 12.4 Å². The normalized spacial score (nSPS) is 23.0. The minimum absolute atomic E-state index is 0. The Balaban J connectivity index is 0.00000200. The molecular weight excluding hydrogens is 276 g/mol. The molecule has 1 fully saturated rings. The van der Waals surface area contributed by atoms with Gasteiger partial charge in [-0.3, -0.25) is 4.90 Å². The minimum atomic E-state index is 0. The minimum Gasteiger partial charge on any atom is -0.493 e. The van der Waals surface area contributed by atoms with E-state index in [1.165, 1.54) is 5.56 Å². The number of rotatable bonds is 4. The standard InChI is InChI=1S/C15H24N2O2.ClH/c1-11-9-17(8-7-13(11)16)10-12-5-4-6-14(18-2)15(12)19-3;/h4-6,11,13H,7-10,16H2,1-3H3;1H. The Kier molecular flexibility index (Phi) is 6.59. The van der Waals surface area contributed by atoms with Gasteiger partial charge in [0.2, 0.25) is 0 Å². The molecule has 2 unspecified atom stereocenters. The van der Waals surface area contributed by atoms with Gasteiger partial charge in [0.05, 0.1) is 14.2 Å². The van der Waals surface area contributed by atoms with Crippen molar-refractivity contribution in [1.29, 1.82) is 0 Å². The van der Waals surface area contributed by atoms with Crippen molar-refractivity contribution in [2.24, 2.45) is 11.7 Å². The zero-order chi connectivity index (χ0) is 13.8. The summed E-state index contributed by atoms with van der Waals surface area (Å²) in [6.07, 6.45) is 1.06. The fourth-order valence-electron chi connectivity index (χ4n) is 2.71. The van der Waals surface area contributed by atoms with Crippen LogP contribution in [0.5, 0.6) is 11.5 Å². The van der Waals surface area contributed by atoms with Gasteiger partial charge in [0.25, 0.3) is 0 Å². The zero-order valence-corrected chi connectivity index (χ0v) is 13.3. The average Bonchev–Trinajstić information content (AvgIpc) is 2.42. The lowest BCUT2D eigenvalue weighted by Gasteiger charge is -2.35. The van der Waals surface area contributed by atoms with Crippen LogP contribution in [0.1, 0.15) is 18.9 Å². The second kappa shape index (κ2) is 7.72. The number of nitrogens with zero attached hydrogens (tertiary/aromatic N) is 1. The highest BCUT2D eigenvalue weighted by Crippen LogP contribution is 2.32. The van der Waals surface area contributed by atoms with Crippen LogP contribution < -0.4 is 15.2 Å². The van der Waals surface area contributed by atoms with E-state index >= 15 is 0 Å². The lowest BCUT2D eigenvalue weighted by atomic mass is 9.94. The molecule has 1 aliphatic heterocycles. The first kappa shape index (κ1) is 17.1. The van der Waals surface area contributed by atoms with Crippen molar-refractivity contribution in [3.05, 3.63) is 23.8 Å². The Bertz CT molecular complexity index is 428. The number of methoxy groups -OCH3 is 2.